The first kappa shape index (κ1) is 33.0. The molecule has 0 saturated carbocycles. The molecule has 0 radical (unpaired) electrons. The number of sulfonamides is 1. The van der Waals surface area contributed by atoms with Gasteiger partial charge in [0.25, 0.3) is 0 Å². The number of hydrogen-bond donors (Lipinski definition) is 1. The molecule has 42 heavy (non-hydrogen) atoms. The summed E-state index contributed by atoms with van der Waals surface area (Å²) in [7, 11) is -3.87. The van der Waals surface area contributed by atoms with Gasteiger partial charge < -0.3 is 10.2 Å². The van der Waals surface area contributed by atoms with Gasteiger partial charge in [0, 0.05) is 43.6 Å². The minimum absolute atomic E-state index is 0.0472. The average Bonchev–Trinajstić information content (AvgIpc) is 2.95. The predicted molar refractivity (Wildman–Crippen MR) is 162 cm³/mol. The number of amides is 2. The molecular formula is C31H36ClF2N3O4S. The maximum atomic E-state index is 13.9. The van der Waals surface area contributed by atoms with E-state index in [4.69, 9.17) is 11.6 Å². The van der Waals surface area contributed by atoms with Gasteiger partial charge in [-0.05, 0) is 42.2 Å². The van der Waals surface area contributed by atoms with Gasteiger partial charge in [-0.3, -0.25) is 13.9 Å². The number of benzene rings is 3. The van der Waals surface area contributed by atoms with Crippen molar-refractivity contribution >= 4 is 39.1 Å². The summed E-state index contributed by atoms with van der Waals surface area (Å²) in [4.78, 5) is 28.8. The summed E-state index contributed by atoms with van der Waals surface area (Å²) < 4.78 is 53.3. The highest BCUT2D eigenvalue weighted by Gasteiger charge is 2.31. The van der Waals surface area contributed by atoms with E-state index in [1.807, 2.05) is 37.3 Å². The molecule has 0 aliphatic carbocycles. The van der Waals surface area contributed by atoms with Gasteiger partial charge in [-0.25, -0.2) is 17.2 Å². The molecule has 0 aliphatic heterocycles. The Bertz CT molecular complexity index is 1460. The summed E-state index contributed by atoms with van der Waals surface area (Å²) >= 11 is 6.44. The summed E-state index contributed by atoms with van der Waals surface area (Å²) in [6.45, 7) is 2.39. The zero-order valence-corrected chi connectivity index (χ0v) is 25.3. The average molecular weight is 620 g/mol. The Kier molecular flexibility index (Phi) is 12.3. The molecule has 1 N–H and O–H groups in total. The van der Waals surface area contributed by atoms with Crippen LogP contribution in [0.2, 0.25) is 5.02 Å². The molecule has 3 aromatic rings. The first-order valence-corrected chi connectivity index (χ1v) is 16.0. The number of carbonyl (C=O) groups excluding carboxylic acids is 2. The van der Waals surface area contributed by atoms with Gasteiger partial charge in [0.15, 0.2) is 11.6 Å². The van der Waals surface area contributed by atoms with E-state index in [0.29, 0.717) is 17.1 Å². The molecule has 226 valence electrons. The highest BCUT2D eigenvalue weighted by atomic mass is 35.5. The number of nitrogens with zero attached hydrogens (tertiary/aromatic N) is 2. The molecule has 0 heterocycles. The van der Waals surface area contributed by atoms with Crippen LogP contribution >= 0.6 is 11.6 Å². The lowest BCUT2D eigenvalue weighted by Gasteiger charge is -2.32. The Labute approximate surface area is 251 Å². The quantitative estimate of drug-likeness (QED) is 0.221. The van der Waals surface area contributed by atoms with E-state index in [0.717, 1.165) is 41.1 Å². The van der Waals surface area contributed by atoms with Crippen LogP contribution in [0, 0.1) is 11.6 Å². The van der Waals surface area contributed by atoms with Crippen molar-refractivity contribution in [3.05, 3.63) is 101 Å². The molecule has 11 heteroatoms. The number of unbranched alkanes of at least 4 members (excludes halogenated alkanes) is 1. The van der Waals surface area contributed by atoms with Crippen LogP contribution in [0.1, 0.15) is 43.7 Å². The van der Waals surface area contributed by atoms with Gasteiger partial charge in [-0.2, -0.15) is 0 Å². The number of rotatable bonds is 15. The second-order valence-electron chi connectivity index (χ2n) is 10.0. The van der Waals surface area contributed by atoms with Crippen LogP contribution in [0.3, 0.4) is 0 Å². The second-order valence-corrected chi connectivity index (χ2v) is 12.3. The van der Waals surface area contributed by atoms with E-state index in [1.54, 1.807) is 24.3 Å². The minimum Gasteiger partial charge on any atom is -0.354 e. The van der Waals surface area contributed by atoms with Gasteiger partial charge in [0.2, 0.25) is 21.8 Å². The van der Waals surface area contributed by atoms with Gasteiger partial charge in [-0.15, -0.1) is 0 Å². The Hall–Kier alpha value is -3.50. The number of halogens is 3. The first-order valence-electron chi connectivity index (χ1n) is 13.8. The first-order chi connectivity index (χ1) is 20.0. The molecular weight excluding hydrogens is 584 g/mol. The topological polar surface area (TPSA) is 86.8 Å². The third-order valence-electron chi connectivity index (χ3n) is 6.74. The van der Waals surface area contributed by atoms with Crippen molar-refractivity contribution in [2.75, 3.05) is 23.7 Å². The summed E-state index contributed by atoms with van der Waals surface area (Å²) in [6.07, 6.45) is 2.86. The standard InChI is InChI=1S/C31H36ClF2N3O4S/c1-3-4-18-35-31(39)29(20-23-11-6-5-7-12-23)36(22-24-13-8-9-14-26(24)32)30(38)15-10-19-37(42(2,40)41)25-16-17-27(33)28(34)21-25/h5-9,11-14,16-17,21,29H,3-4,10,15,18-20,22H2,1-2H3,(H,35,39)/t29-/m0/s1. The molecule has 0 spiro atoms. The van der Waals surface area contributed by atoms with Crippen molar-refractivity contribution in [1.29, 1.82) is 0 Å². The van der Waals surface area contributed by atoms with Crippen molar-refractivity contribution in [2.24, 2.45) is 0 Å². The Morgan fingerprint density at radius 1 is 0.952 bits per heavy atom. The second kappa shape index (κ2) is 15.7. The summed E-state index contributed by atoms with van der Waals surface area (Å²) in [5.41, 5.74) is 1.48. The molecule has 0 aromatic heterocycles. The lowest BCUT2D eigenvalue weighted by atomic mass is 10.0. The van der Waals surface area contributed by atoms with Crippen molar-refractivity contribution in [3.8, 4) is 0 Å². The SMILES string of the molecule is CCCCNC(=O)[C@H](Cc1ccccc1)N(Cc1ccccc1Cl)C(=O)CCCN(c1ccc(F)c(F)c1)S(C)(=O)=O. The monoisotopic (exact) mass is 619 g/mol. The summed E-state index contributed by atoms with van der Waals surface area (Å²) in [5, 5.41) is 3.39. The lowest BCUT2D eigenvalue weighted by molar-refractivity contribution is -0.141. The van der Waals surface area contributed by atoms with Crippen LogP contribution in [0.5, 0.6) is 0 Å². The Balaban J connectivity index is 1.88. The van der Waals surface area contributed by atoms with Gasteiger partial charge in [0.1, 0.15) is 6.04 Å². The predicted octanol–water partition coefficient (Wildman–Crippen LogP) is 5.72. The van der Waals surface area contributed by atoms with Gasteiger partial charge in [-0.1, -0.05) is 73.5 Å². The van der Waals surface area contributed by atoms with Gasteiger partial charge in [0.05, 0.1) is 11.9 Å². The molecule has 3 aromatic carbocycles. The van der Waals surface area contributed by atoms with Crippen LogP contribution < -0.4 is 9.62 Å². The smallest absolute Gasteiger partial charge is 0.243 e. The van der Waals surface area contributed by atoms with E-state index in [-0.39, 0.29) is 49.9 Å². The minimum atomic E-state index is -3.87. The molecule has 3 rings (SSSR count). The van der Waals surface area contributed by atoms with Crippen molar-refractivity contribution in [3.63, 3.8) is 0 Å². The maximum Gasteiger partial charge on any atom is 0.243 e. The molecule has 0 bridgehead atoms. The highest BCUT2D eigenvalue weighted by Crippen LogP contribution is 2.23. The third kappa shape index (κ3) is 9.52. The molecule has 0 aliphatic rings. The molecule has 1 atom stereocenters. The van der Waals surface area contributed by atoms with Crippen molar-refractivity contribution in [1.82, 2.24) is 10.2 Å². The Morgan fingerprint density at radius 2 is 1.64 bits per heavy atom. The van der Waals surface area contributed by atoms with Crippen LogP contribution in [0.25, 0.3) is 0 Å². The van der Waals surface area contributed by atoms with E-state index >= 15 is 0 Å². The molecule has 0 unspecified atom stereocenters. The summed E-state index contributed by atoms with van der Waals surface area (Å²) in [5.74, 6) is -2.95. The maximum absolute atomic E-state index is 13.9. The number of carbonyl (C=O) groups is 2. The largest absolute Gasteiger partial charge is 0.354 e. The normalized spacial score (nSPS) is 12.0. The van der Waals surface area contributed by atoms with Crippen LogP contribution in [0.15, 0.2) is 72.8 Å². The zero-order valence-electron chi connectivity index (χ0n) is 23.7. The molecule has 7 nitrogen and oxygen atoms in total. The summed E-state index contributed by atoms with van der Waals surface area (Å²) in [6, 6.07) is 18.4. The van der Waals surface area contributed by atoms with Crippen LogP contribution in [-0.2, 0) is 32.6 Å². The van der Waals surface area contributed by atoms with Gasteiger partial charge >= 0.3 is 0 Å². The fraction of sp³-hybridized carbons (Fsp3) is 0.355. The van der Waals surface area contributed by atoms with Crippen LogP contribution in [-0.4, -0.2) is 50.5 Å². The molecule has 0 fully saturated rings. The van der Waals surface area contributed by atoms with E-state index in [9.17, 15) is 26.8 Å². The highest BCUT2D eigenvalue weighted by molar-refractivity contribution is 7.92. The number of hydrogen-bond acceptors (Lipinski definition) is 4. The van der Waals surface area contributed by atoms with E-state index < -0.39 is 27.7 Å². The van der Waals surface area contributed by atoms with Crippen molar-refractivity contribution in [2.45, 2.75) is 51.6 Å². The number of nitrogens with one attached hydrogen (secondary N) is 1. The number of anilines is 1. The molecule has 0 saturated heterocycles. The molecule has 2 amide bonds. The fourth-order valence-corrected chi connectivity index (χ4v) is 5.67. The van der Waals surface area contributed by atoms with Crippen molar-refractivity contribution < 1.29 is 26.8 Å². The van der Waals surface area contributed by atoms with E-state index in [1.165, 1.54) is 11.0 Å². The zero-order chi connectivity index (χ0) is 30.7. The fourth-order valence-electron chi connectivity index (χ4n) is 4.51. The third-order valence-corrected chi connectivity index (χ3v) is 8.31. The Morgan fingerprint density at radius 3 is 2.29 bits per heavy atom. The van der Waals surface area contributed by atoms with Crippen LogP contribution in [0.4, 0.5) is 14.5 Å². The lowest BCUT2D eigenvalue weighted by Crippen LogP contribution is -2.50. The van der Waals surface area contributed by atoms with E-state index in [2.05, 4.69) is 5.32 Å².